The van der Waals surface area contributed by atoms with Gasteiger partial charge in [0.05, 0.1) is 19.1 Å². The highest BCUT2D eigenvalue weighted by Crippen LogP contribution is 2.23. The van der Waals surface area contributed by atoms with E-state index in [2.05, 4.69) is 25.7 Å². The molecule has 8 heteroatoms. The lowest BCUT2D eigenvalue weighted by atomic mass is 10.00. The molecule has 2 heterocycles. The lowest BCUT2D eigenvalue weighted by molar-refractivity contribution is -0.134. The van der Waals surface area contributed by atoms with Crippen LogP contribution in [0.1, 0.15) is 57.6 Å². The highest BCUT2D eigenvalue weighted by atomic mass is 19.1. The van der Waals surface area contributed by atoms with E-state index in [-0.39, 0.29) is 29.9 Å². The number of rotatable bonds is 13. The van der Waals surface area contributed by atoms with Gasteiger partial charge in [-0.3, -0.25) is 4.79 Å². The summed E-state index contributed by atoms with van der Waals surface area (Å²) in [5.74, 6) is 0.994. The Morgan fingerprint density at radius 1 is 1.05 bits per heavy atom. The molecule has 0 saturated carbocycles. The first kappa shape index (κ1) is 29.8. The Labute approximate surface area is 238 Å². The summed E-state index contributed by atoms with van der Waals surface area (Å²) in [6.45, 7) is 11.4. The number of likely N-dealkylation sites (tertiary alicyclic amines) is 1. The van der Waals surface area contributed by atoms with E-state index in [1.165, 1.54) is 12.1 Å². The number of halogens is 1. The fourth-order valence-corrected chi connectivity index (χ4v) is 5.60. The quantitative estimate of drug-likeness (QED) is 0.327. The summed E-state index contributed by atoms with van der Waals surface area (Å²) in [5.41, 5.74) is 1.88. The average molecular weight is 554 g/mol. The predicted octanol–water partition coefficient (Wildman–Crippen LogP) is 5.52. The Hall–Kier alpha value is -3.13. The molecule has 0 radical (unpaired) electrons. The van der Waals surface area contributed by atoms with Crippen LogP contribution in [0.5, 0.6) is 5.75 Å². The molecular formula is C32H44FN3O4. The van der Waals surface area contributed by atoms with Gasteiger partial charge in [-0.1, -0.05) is 45.0 Å². The molecule has 0 N–H and O–H groups in total. The van der Waals surface area contributed by atoms with Gasteiger partial charge in [0.15, 0.2) is 0 Å². The summed E-state index contributed by atoms with van der Waals surface area (Å²) in [6, 6.07) is 14.5. The lowest BCUT2D eigenvalue weighted by Crippen LogP contribution is -2.48. The zero-order chi connectivity index (χ0) is 28.5. The maximum atomic E-state index is 13.6. The molecule has 2 amide bonds. The van der Waals surface area contributed by atoms with Crippen molar-refractivity contribution < 1.29 is 23.5 Å². The van der Waals surface area contributed by atoms with Gasteiger partial charge in [0.1, 0.15) is 18.2 Å². The number of cyclic esters (lactones) is 1. The van der Waals surface area contributed by atoms with E-state index in [9.17, 15) is 14.0 Å². The molecule has 4 rings (SSSR count). The Morgan fingerprint density at radius 2 is 1.73 bits per heavy atom. The zero-order valence-corrected chi connectivity index (χ0v) is 24.2. The normalized spacial score (nSPS) is 18.3. The van der Waals surface area contributed by atoms with Crippen molar-refractivity contribution >= 4 is 12.0 Å². The number of amides is 2. The topological polar surface area (TPSA) is 62.3 Å². The van der Waals surface area contributed by atoms with E-state index in [0.29, 0.717) is 38.6 Å². The third-order valence-electron chi connectivity index (χ3n) is 7.99. The summed E-state index contributed by atoms with van der Waals surface area (Å²) in [4.78, 5) is 32.0. The molecule has 218 valence electrons. The van der Waals surface area contributed by atoms with Crippen molar-refractivity contribution in [1.82, 2.24) is 14.7 Å². The van der Waals surface area contributed by atoms with Crippen molar-refractivity contribution in [3.8, 4) is 5.75 Å². The molecule has 0 bridgehead atoms. The molecule has 2 saturated heterocycles. The van der Waals surface area contributed by atoms with E-state index in [4.69, 9.17) is 9.47 Å². The van der Waals surface area contributed by atoms with Crippen molar-refractivity contribution in [2.75, 3.05) is 39.4 Å². The number of nitrogens with zero attached hydrogens (tertiary/aromatic N) is 3. The second kappa shape index (κ2) is 14.5. The monoisotopic (exact) mass is 553 g/mol. The number of carbonyl (C=O) groups excluding carboxylic acids is 2. The minimum atomic E-state index is -0.276. The highest BCUT2D eigenvalue weighted by Gasteiger charge is 2.34. The van der Waals surface area contributed by atoms with Crippen molar-refractivity contribution in [3.63, 3.8) is 0 Å². The van der Waals surface area contributed by atoms with Crippen LogP contribution in [0.3, 0.4) is 0 Å². The lowest BCUT2D eigenvalue weighted by Gasteiger charge is -2.39. The molecule has 2 aromatic carbocycles. The minimum Gasteiger partial charge on any atom is -0.494 e. The highest BCUT2D eigenvalue weighted by molar-refractivity contribution is 5.79. The van der Waals surface area contributed by atoms with Crippen molar-refractivity contribution in [2.45, 2.75) is 71.5 Å². The van der Waals surface area contributed by atoms with E-state index in [1.807, 2.05) is 34.1 Å². The number of hydrogen-bond donors (Lipinski definition) is 0. The van der Waals surface area contributed by atoms with E-state index in [1.54, 1.807) is 12.1 Å². The maximum Gasteiger partial charge on any atom is 0.410 e. The number of carbonyl (C=O) groups is 2. The molecular weight excluding hydrogens is 509 g/mol. The van der Waals surface area contributed by atoms with Crippen LogP contribution in [0, 0.1) is 11.7 Å². The van der Waals surface area contributed by atoms with Crippen LogP contribution in [0.15, 0.2) is 48.5 Å². The molecule has 40 heavy (non-hydrogen) atoms. The zero-order valence-electron chi connectivity index (χ0n) is 24.2. The van der Waals surface area contributed by atoms with Crippen molar-refractivity contribution in [1.29, 1.82) is 0 Å². The van der Waals surface area contributed by atoms with Gasteiger partial charge in [-0.2, -0.15) is 0 Å². The van der Waals surface area contributed by atoms with Gasteiger partial charge < -0.3 is 24.2 Å². The number of benzene rings is 2. The second-order valence-electron chi connectivity index (χ2n) is 11.3. The van der Waals surface area contributed by atoms with Crippen LogP contribution < -0.4 is 4.74 Å². The first-order valence-corrected chi connectivity index (χ1v) is 14.8. The third-order valence-corrected chi connectivity index (χ3v) is 7.99. The summed E-state index contributed by atoms with van der Waals surface area (Å²) in [7, 11) is 0. The van der Waals surface area contributed by atoms with Gasteiger partial charge in [0.2, 0.25) is 5.91 Å². The minimum absolute atomic E-state index is 0.0808. The summed E-state index contributed by atoms with van der Waals surface area (Å²) in [6.07, 6.45) is 3.74. The summed E-state index contributed by atoms with van der Waals surface area (Å²) < 4.78 is 24.5. The predicted molar refractivity (Wildman–Crippen MR) is 154 cm³/mol. The van der Waals surface area contributed by atoms with Crippen molar-refractivity contribution in [2.24, 2.45) is 5.92 Å². The molecule has 0 aromatic heterocycles. The number of ether oxygens (including phenoxy) is 2. The Morgan fingerprint density at radius 3 is 2.38 bits per heavy atom. The van der Waals surface area contributed by atoms with Crippen LogP contribution in [-0.4, -0.2) is 78.2 Å². The molecule has 2 aromatic rings. The maximum absolute atomic E-state index is 13.6. The second-order valence-corrected chi connectivity index (χ2v) is 11.3. The van der Waals surface area contributed by atoms with Gasteiger partial charge in [0.25, 0.3) is 0 Å². The smallest absolute Gasteiger partial charge is 0.410 e. The van der Waals surface area contributed by atoms with Crippen LogP contribution in [0.25, 0.3) is 0 Å². The van der Waals surface area contributed by atoms with E-state index in [0.717, 1.165) is 62.2 Å². The van der Waals surface area contributed by atoms with E-state index >= 15 is 0 Å². The molecule has 7 nitrogen and oxygen atoms in total. The molecule has 2 aliphatic heterocycles. The molecule has 2 fully saturated rings. The van der Waals surface area contributed by atoms with Gasteiger partial charge >= 0.3 is 6.09 Å². The average Bonchev–Trinajstić information content (AvgIpc) is 3.33. The molecule has 0 spiro atoms. The van der Waals surface area contributed by atoms with Gasteiger partial charge in [-0.15, -0.1) is 0 Å². The number of piperidine rings is 1. The first-order chi connectivity index (χ1) is 19.3. The van der Waals surface area contributed by atoms with Gasteiger partial charge in [0, 0.05) is 32.2 Å². The summed E-state index contributed by atoms with van der Waals surface area (Å²) >= 11 is 0. The fourth-order valence-electron chi connectivity index (χ4n) is 5.60. The van der Waals surface area contributed by atoms with E-state index < -0.39 is 0 Å². The Balaban J connectivity index is 1.33. The Kier molecular flexibility index (Phi) is 10.8. The van der Waals surface area contributed by atoms with Crippen LogP contribution in [0.4, 0.5) is 9.18 Å². The SMILES string of the molecule is CCCOc1ccc(CC(=O)N(Cc2ccc(F)cc2)C2CCN(CCCN3C(=O)OCC3C(C)C)CC2)cc1. The molecule has 1 unspecified atom stereocenters. The third kappa shape index (κ3) is 8.19. The largest absolute Gasteiger partial charge is 0.494 e. The molecule has 0 aliphatic carbocycles. The van der Waals surface area contributed by atoms with Crippen LogP contribution >= 0.6 is 0 Å². The van der Waals surface area contributed by atoms with Crippen LogP contribution in [-0.2, 0) is 22.5 Å². The molecule has 2 aliphatic rings. The van der Waals surface area contributed by atoms with Crippen LogP contribution in [0.2, 0.25) is 0 Å². The fraction of sp³-hybridized carbons (Fsp3) is 0.562. The Bertz CT molecular complexity index is 1080. The molecule has 1 atom stereocenters. The summed E-state index contributed by atoms with van der Waals surface area (Å²) in [5, 5.41) is 0. The van der Waals surface area contributed by atoms with Gasteiger partial charge in [-0.05, 0) is 73.5 Å². The first-order valence-electron chi connectivity index (χ1n) is 14.8. The standard InChI is InChI=1S/C32H44FN3O4/c1-4-20-39-29-12-8-25(9-13-29)21-31(37)36(22-26-6-10-27(33)11-7-26)28-14-18-34(19-15-28)16-5-17-35-30(24(2)3)23-40-32(35)38/h6-13,24,28,30H,4-5,14-23H2,1-3H3. The van der Waals surface area contributed by atoms with Crippen molar-refractivity contribution in [3.05, 3.63) is 65.5 Å². The van der Waals surface area contributed by atoms with Gasteiger partial charge in [-0.25, -0.2) is 9.18 Å². The number of hydrogen-bond acceptors (Lipinski definition) is 5.